The van der Waals surface area contributed by atoms with Gasteiger partial charge in [-0.25, -0.2) is 0 Å². The molecular weight excluding hydrogens is 234 g/mol. The summed E-state index contributed by atoms with van der Waals surface area (Å²) in [6.07, 6.45) is 4.55. The first-order chi connectivity index (χ1) is 8.13. The predicted molar refractivity (Wildman–Crippen MR) is 73.7 cm³/mol. The van der Waals surface area contributed by atoms with Gasteiger partial charge in [-0.1, -0.05) is 18.5 Å². The van der Waals surface area contributed by atoms with E-state index in [0.717, 1.165) is 30.1 Å². The van der Waals surface area contributed by atoms with Crippen LogP contribution < -0.4 is 5.32 Å². The lowest BCUT2D eigenvalue weighted by atomic mass is 10.1. The number of aryl methyl sites for hydroxylation is 2. The van der Waals surface area contributed by atoms with Gasteiger partial charge in [-0.15, -0.1) is 0 Å². The second-order valence-electron chi connectivity index (χ2n) is 4.45. The van der Waals surface area contributed by atoms with Crippen LogP contribution >= 0.6 is 11.6 Å². The van der Waals surface area contributed by atoms with Crippen LogP contribution in [0.3, 0.4) is 0 Å². The van der Waals surface area contributed by atoms with Gasteiger partial charge in [-0.2, -0.15) is 5.10 Å². The van der Waals surface area contributed by atoms with Crippen molar-refractivity contribution in [2.45, 2.75) is 59.0 Å². The Morgan fingerprint density at radius 1 is 1.41 bits per heavy atom. The zero-order valence-corrected chi connectivity index (χ0v) is 12.1. The Balaban J connectivity index is 2.56. The molecule has 1 aromatic rings. The summed E-state index contributed by atoms with van der Waals surface area (Å²) in [4.78, 5) is 0. The molecule has 0 bridgehead atoms. The third-order valence-electron chi connectivity index (χ3n) is 3.32. The second kappa shape index (κ2) is 7.02. The Hall–Kier alpha value is -0.540. The van der Waals surface area contributed by atoms with Crippen molar-refractivity contribution in [2.24, 2.45) is 0 Å². The fraction of sp³-hybridized carbons (Fsp3) is 0.769. The highest BCUT2D eigenvalue weighted by Gasteiger charge is 2.12. The lowest BCUT2D eigenvalue weighted by molar-refractivity contribution is 0.484. The molecule has 1 aromatic heterocycles. The van der Waals surface area contributed by atoms with Crippen LogP contribution in [-0.4, -0.2) is 22.9 Å². The van der Waals surface area contributed by atoms with Gasteiger partial charge in [0.2, 0.25) is 0 Å². The van der Waals surface area contributed by atoms with Crippen molar-refractivity contribution in [1.29, 1.82) is 0 Å². The summed E-state index contributed by atoms with van der Waals surface area (Å²) in [5.41, 5.74) is 2.14. The van der Waals surface area contributed by atoms with Gasteiger partial charge in [0.15, 0.2) is 0 Å². The van der Waals surface area contributed by atoms with Gasteiger partial charge in [0.1, 0.15) is 0 Å². The van der Waals surface area contributed by atoms with Crippen molar-refractivity contribution in [1.82, 2.24) is 15.1 Å². The summed E-state index contributed by atoms with van der Waals surface area (Å²) >= 11 is 6.28. The molecule has 0 fully saturated rings. The number of nitrogens with zero attached hydrogens (tertiary/aromatic N) is 2. The average Bonchev–Trinajstić information content (AvgIpc) is 2.62. The first-order valence-electron chi connectivity index (χ1n) is 6.53. The summed E-state index contributed by atoms with van der Waals surface area (Å²) < 4.78 is 2.03. The van der Waals surface area contributed by atoms with Crippen molar-refractivity contribution in [3.05, 3.63) is 16.4 Å². The molecule has 3 nitrogen and oxygen atoms in total. The van der Waals surface area contributed by atoms with Gasteiger partial charge in [0.05, 0.1) is 16.4 Å². The number of nitrogens with one attached hydrogen (secondary N) is 1. The van der Waals surface area contributed by atoms with Crippen LogP contribution in [0.15, 0.2) is 0 Å². The molecule has 17 heavy (non-hydrogen) atoms. The minimum absolute atomic E-state index is 0.618. The SMILES string of the molecule is CCC(CCCc1c(Cl)c(C)nn1CC)NC. The Morgan fingerprint density at radius 3 is 2.65 bits per heavy atom. The molecule has 0 spiro atoms. The maximum absolute atomic E-state index is 6.28. The molecule has 0 aliphatic rings. The van der Waals surface area contributed by atoms with Crippen LogP contribution in [0.1, 0.15) is 44.5 Å². The first kappa shape index (κ1) is 14.5. The number of hydrogen-bond donors (Lipinski definition) is 1. The fourth-order valence-corrected chi connectivity index (χ4v) is 2.41. The quantitative estimate of drug-likeness (QED) is 0.813. The normalized spacial score (nSPS) is 13.0. The van der Waals surface area contributed by atoms with Crippen LogP contribution in [0.5, 0.6) is 0 Å². The largest absolute Gasteiger partial charge is 0.317 e. The Labute approximate surface area is 110 Å². The summed E-state index contributed by atoms with van der Waals surface area (Å²) in [5.74, 6) is 0. The molecule has 1 N–H and O–H groups in total. The number of halogens is 1. The van der Waals surface area contributed by atoms with E-state index in [-0.39, 0.29) is 0 Å². The maximum atomic E-state index is 6.28. The molecule has 0 amide bonds. The van der Waals surface area contributed by atoms with Gasteiger partial charge in [-0.05, 0) is 46.6 Å². The smallest absolute Gasteiger partial charge is 0.0847 e. The van der Waals surface area contributed by atoms with Crippen LogP contribution in [0.4, 0.5) is 0 Å². The highest BCUT2D eigenvalue weighted by atomic mass is 35.5. The fourth-order valence-electron chi connectivity index (χ4n) is 2.18. The Kier molecular flexibility index (Phi) is 6.00. The molecule has 0 radical (unpaired) electrons. The highest BCUT2D eigenvalue weighted by molar-refractivity contribution is 6.31. The van der Waals surface area contributed by atoms with Gasteiger partial charge in [0.25, 0.3) is 0 Å². The first-order valence-corrected chi connectivity index (χ1v) is 6.90. The minimum atomic E-state index is 0.618. The van der Waals surface area contributed by atoms with E-state index in [1.807, 2.05) is 18.7 Å². The van der Waals surface area contributed by atoms with Crippen molar-refractivity contribution in [3.8, 4) is 0 Å². The molecule has 0 aliphatic carbocycles. The minimum Gasteiger partial charge on any atom is -0.317 e. The van der Waals surface area contributed by atoms with Gasteiger partial charge in [0, 0.05) is 12.6 Å². The van der Waals surface area contributed by atoms with Crippen LogP contribution in [0, 0.1) is 6.92 Å². The van der Waals surface area contributed by atoms with Crippen LogP contribution in [-0.2, 0) is 13.0 Å². The Bertz CT molecular complexity index is 343. The van der Waals surface area contributed by atoms with Gasteiger partial charge >= 0.3 is 0 Å². The van der Waals surface area contributed by atoms with Crippen LogP contribution in [0.2, 0.25) is 5.02 Å². The van der Waals surface area contributed by atoms with E-state index in [0.29, 0.717) is 6.04 Å². The monoisotopic (exact) mass is 257 g/mol. The Morgan fingerprint density at radius 2 is 2.12 bits per heavy atom. The summed E-state index contributed by atoms with van der Waals surface area (Å²) in [6.45, 7) is 7.19. The number of aromatic nitrogens is 2. The predicted octanol–water partition coefficient (Wildman–Crippen LogP) is 3.19. The topological polar surface area (TPSA) is 29.9 Å². The van der Waals surface area contributed by atoms with E-state index in [4.69, 9.17) is 11.6 Å². The molecular formula is C13H24ClN3. The molecule has 0 saturated carbocycles. The van der Waals surface area contributed by atoms with E-state index < -0.39 is 0 Å². The molecule has 4 heteroatoms. The zero-order chi connectivity index (χ0) is 12.8. The second-order valence-corrected chi connectivity index (χ2v) is 4.83. The third-order valence-corrected chi connectivity index (χ3v) is 3.81. The molecule has 1 atom stereocenters. The van der Waals surface area contributed by atoms with E-state index in [1.54, 1.807) is 0 Å². The van der Waals surface area contributed by atoms with E-state index in [9.17, 15) is 0 Å². The van der Waals surface area contributed by atoms with E-state index in [2.05, 4.69) is 24.3 Å². The lowest BCUT2D eigenvalue weighted by Gasteiger charge is -2.13. The molecule has 1 unspecified atom stereocenters. The number of hydrogen-bond acceptors (Lipinski definition) is 2. The van der Waals surface area contributed by atoms with Crippen molar-refractivity contribution in [3.63, 3.8) is 0 Å². The van der Waals surface area contributed by atoms with E-state index in [1.165, 1.54) is 18.5 Å². The summed E-state index contributed by atoms with van der Waals surface area (Å²) in [7, 11) is 2.03. The molecule has 1 rings (SSSR count). The third kappa shape index (κ3) is 3.71. The van der Waals surface area contributed by atoms with Crippen molar-refractivity contribution >= 4 is 11.6 Å². The summed E-state index contributed by atoms with van der Waals surface area (Å²) in [5, 5.41) is 8.62. The van der Waals surface area contributed by atoms with Crippen molar-refractivity contribution in [2.75, 3.05) is 7.05 Å². The van der Waals surface area contributed by atoms with E-state index >= 15 is 0 Å². The highest BCUT2D eigenvalue weighted by Crippen LogP contribution is 2.22. The van der Waals surface area contributed by atoms with Crippen LogP contribution in [0.25, 0.3) is 0 Å². The molecule has 0 saturated heterocycles. The zero-order valence-electron chi connectivity index (χ0n) is 11.4. The van der Waals surface area contributed by atoms with Gasteiger partial charge < -0.3 is 5.32 Å². The molecule has 98 valence electrons. The molecule has 1 heterocycles. The maximum Gasteiger partial charge on any atom is 0.0847 e. The average molecular weight is 258 g/mol. The lowest BCUT2D eigenvalue weighted by Crippen LogP contribution is -2.24. The van der Waals surface area contributed by atoms with Gasteiger partial charge in [-0.3, -0.25) is 4.68 Å². The molecule has 0 aromatic carbocycles. The standard InChI is InChI=1S/C13H24ClN3/c1-5-11(15-4)8-7-9-12-13(14)10(3)16-17(12)6-2/h11,15H,5-9H2,1-4H3. The van der Waals surface area contributed by atoms with Crippen molar-refractivity contribution < 1.29 is 0 Å². The summed E-state index contributed by atoms with van der Waals surface area (Å²) in [6, 6.07) is 0.618. The molecule has 0 aliphatic heterocycles. The number of rotatable bonds is 7.